The van der Waals surface area contributed by atoms with Crippen LogP contribution in [0, 0.1) is 5.41 Å². The molecule has 0 atom stereocenters. The van der Waals surface area contributed by atoms with Gasteiger partial charge in [-0.15, -0.1) is 0 Å². The Kier molecular flexibility index (Phi) is 3.23. The van der Waals surface area contributed by atoms with Crippen molar-refractivity contribution in [2.24, 2.45) is 5.41 Å². The van der Waals surface area contributed by atoms with Crippen molar-refractivity contribution < 1.29 is 13.2 Å². The monoisotopic (exact) mass is 180 g/mol. The Morgan fingerprint density at radius 3 is 2.09 bits per heavy atom. The summed E-state index contributed by atoms with van der Waals surface area (Å²) in [7, 11) is -2.06. The van der Waals surface area contributed by atoms with Gasteiger partial charge in [0.2, 0.25) is 0 Å². The molecule has 0 aromatic carbocycles. The van der Waals surface area contributed by atoms with Gasteiger partial charge in [0.05, 0.1) is 13.2 Å². The van der Waals surface area contributed by atoms with Crippen LogP contribution in [0.2, 0.25) is 0 Å². The summed E-state index contributed by atoms with van der Waals surface area (Å²) in [5.74, 6) is 0. The van der Waals surface area contributed by atoms with Crippen molar-refractivity contribution in [2.45, 2.75) is 26.7 Å². The third-order valence-corrected chi connectivity index (χ3v) is 3.11. The minimum atomic E-state index is -2.06. The van der Waals surface area contributed by atoms with Crippen LogP contribution >= 0.6 is 8.69 Å². The summed E-state index contributed by atoms with van der Waals surface area (Å²) >= 11 is 0. The van der Waals surface area contributed by atoms with E-state index in [4.69, 9.17) is 9.05 Å². The molecule has 0 radical (unpaired) electrons. The van der Waals surface area contributed by atoms with Crippen LogP contribution in [0.5, 0.6) is 0 Å². The van der Waals surface area contributed by atoms with E-state index < -0.39 is 8.69 Å². The fourth-order valence-corrected chi connectivity index (χ4v) is 1.94. The zero-order valence-electron chi connectivity index (χ0n) is 6.97. The Morgan fingerprint density at radius 2 is 1.73 bits per heavy atom. The summed E-state index contributed by atoms with van der Waals surface area (Å²) in [6.45, 7) is 5.20. The van der Waals surface area contributed by atoms with E-state index in [0.717, 1.165) is 12.8 Å². The van der Waals surface area contributed by atoms with Gasteiger partial charge in [0, 0.05) is 5.41 Å². The smallest absolute Gasteiger partial charge is 0.308 e. The molecule has 1 heterocycles. The lowest BCUT2D eigenvalue weighted by atomic mass is 9.84. The Balaban J connectivity index is 2.45. The van der Waals surface area contributed by atoms with Crippen LogP contribution in [0.1, 0.15) is 26.7 Å². The van der Waals surface area contributed by atoms with E-state index in [9.17, 15) is 4.20 Å². The summed E-state index contributed by atoms with van der Waals surface area (Å²) in [4.78, 5) is 0. The maximum absolute atomic E-state index is 12.4. The Bertz CT molecular complexity index is 118. The summed E-state index contributed by atoms with van der Waals surface area (Å²) in [5.41, 5.74) is 0.0743. The first-order valence-corrected chi connectivity index (χ1v) is 5.01. The largest absolute Gasteiger partial charge is 0.374 e. The Hall–Kier alpha value is 0.280. The molecule has 1 saturated heterocycles. The third kappa shape index (κ3) is 2.11. The molecule has 1 aliphatic rings. The molecule has 66 valence electrons. The van der Waals surface area contributed by atoms with Crippen molar-refractivity contribution in [1.29, 1.82) is 0 Å². The highest BCUT2D eigenvalue weighted by atomic mass is 31.2. The van der Waals surface area contributed by atoms with Crippen molar-refractivity contribution in [3.05, 3.63) is 0 Å². The van der Waals surface area contributed by atoms with Crippen LogP contribution in [0.3, 0.4) is 0 Å². The summed E-state index contributed by atoms with van der Waals surface area (Å²) in [6, 6.07) is 0. The molecule has 4 heteroatoms. The van der Waals surface area contributed by atoms with Gasteiger partial charge in [-0.2, -0.15) is 4.20 Å². The topological polar surface area (TPSA) is 18.5 Å². The molecule has 0 N–H and O–H groups in total. The van der Waals surface area contributed by atoms with Crippen molar-refractivity contribution in [1.82, 2.24) is 0 Å². The van der Waals surface area contributed by atoms with Gasteiger partial charge in [-0.1, -0.05) is 13.8 Å². The van der Waals surface area contributed by atoms with E-state index in [1.54, 1.807) is 0 Å². The van der Waals surface area contributed by atoms with Crippen LogP contribution in [0.4, 0.5) is 4.20 Å². The van der Waals surface area contributed by atoms with E-state index in [2.05, 4.69) is 13.8 Å². The first kappa shape index (κ1) is 9.37. The van der Waals surface area contributed by atoms with Crippen LogP contribution in [-0.4, -0.2) is 13.2 Å². The second-order valence-corrected chi connectivity index (χ2v) is 3.91. The number of halogens is 1. The first-order chi connectivity index (χ1) is 5.22. The molecular weight excluding hydrogens is 166 g/mol. The summed E-state index contributed by atoms with van der Waals surface area (Å²) < 4.78 is 22.1. The fraction of sp³-hybridized carbons (Fsp3) is 1.00. The van der Waals surface area contributed by atoms with E-state index >= 15 is 0 Å². The quantitative estimate of drug-likeness (QED) is 0.608. The van der Waals surface area contributed by atoms with Gasteiger partial charge in [-0.05, 0) is 12.8 Å². The SMILES string of the molecule is CCC1(CC)COP(F)OC1. The predicted octanol–water partition coefficient (Wildman–Crippen LogP) is 3.04. The molecule has 0 aromatic rings. The summed E-state index contributed by atoms with van der Waals surface area (Å²) in [5, 5.41) is 0. The van der Waals surface area contributed by atoms with Gasteiger partial charge in [-0.3, -0.25) is 0 Å². The lowest BCUT2D eigenvalue weighted by Gasteiger charge is -2.35. The number of rotatable bonds is 2. The minimum absolute atomic E-state index is 0.0743. The zero-order chi connectivity index (χ0) is 8.32. The van der Waals surface area contributed by atoms with E-state index in [0.29, 0.717) is 13.2 Å². The standard InChI is InChI=1S/C7H14FO2P/c1-3-7(4-2)5-9-11(8)10-6-7/h3-6H2,1-2H3. The van der Waals surface area contributed by atoms with Crippen LogP contribution in [-0.2, 0) is 9.05 Å². The van der Waals surface area contributed by atoms with Crippen molar-refractivity contribution in [3.63, 3.8) is 0 Å². The third-order valence-electron chi connectivity index (χ3n) is 2.44. The molecule has 0 bridgehead atoms. The highest BCUT2D eigenvalue weighted by molar-refractivity contribution is 7.41. The van der Waals surface area contributed by atoms with Gasteiger partial charge < -0.3 is 9.05 Å². The minimum Gasteiger partial charge on any atom is -0.308 e. The van der Waals surface area contributed by atoms with Crippen molar-refractivity contribution in [3.8, 4) is 0 Å². The molecule has 0 spiro atoms. The van der Waals surface area contributed by atoms with Crippen LogP contribution in [0.25, 0.3) is 0 Å². The molecule has 1 rings (SSSR count). The van der Waals surface area contributed by atoms with E-state index in [-0.39, 0.29) is 5.41 Å². The molecule has 2 nitrogen and oxygen atoms in total. The van der Waals surface area contributed by atoms with Crippen LogP contribution < -0.4 is 0 Å². The normalized spacial score (nSPS) is 25.4. The number of hydrogen-bond acceptors (Lipinski definition) is 2. The highest BCUT2D eigenvalue weighted by Gasteiger charge is 2.34. The highest BCUT2D eigenvalue weighted by Crippen LogP contribution is 2.48. The zero-order valence-corrected chi connectivity index (χ0v) is 7.86. The van der Waals surface area contributed by atoms with Crippen molar-refractivity contribution >= 4 is 8.69 Å². The second-order valence-electron chi connectivity index (χ2n) is 2.97. The van der Waals surface area contributed by atoms with Gasteiger partial charge in [-0.25, -0.2) is 0 Å². The molecule has 1 fully saturated rings. The summed E-state index contributed by atoms with van der Waals surface area (Å²) in [6.07, 6.45) is 1.99. The van der Waals surface area contributed by atoms with E-state index in [1.165, 1.54) is 0 Å². The molecule has 0 aromatic heterocycles. The average molecular weight is 180 g/mol. The Morgan fingerprint density at radius 1 is 1.27 bits per heavy atom. The maximum Gasteiger partial charge on any atom is 0.374 e. The maximum atomic E-state index is 12.4. The molecular formula is C7H14FO2P. The molecule has 0 saturated carbocycles. The molecule has 11 heavy (non-hydrogen) atoms. The first-order valence-electron chi connectivity index (χ1n) is 3.94. The molecule has 0 aliphatic carbocycles. The van der Waals surface area contributed by atoms with E-state index in [1.807, 2.05) is 0 Å². The Labute approximate surface area is 68.1 Å². The average Bonchev–Trinajstić information content (AvgIpc) is 2.07. The fourth-order valence-electron chi connectivity index (χ4n) is 1.11. The second kappa shape index (κ2) is 3.79. The van der Waals surface area contributed by atoms with Gasteiger partial charge in [0.25, 0.3) is 0 Å². The molecule has 0 amide bonds. The van der Waals surface area contributed by atoms with Crippen molar-refractivity contribution in [2.75, 3.05) is 13.2 Å². The lowest BCUT2D eigenvalue weighted by Crippen LogP contribution is -2.32. The number of hydrogen-bond donors (Lipinski definition) is 0. The van der Waals surface area contributed by atoms with Gasteiger partial charge >= 0.3 is 8.69 Å². The lowest BCUT2D eigenvalue weighted by molar-refractivity contribution is 0.0182. The predicted molar refractivity (Wildman–Crippen MR) is 42.9 cm³/mol. The van der Waals surface area contributed by atoms with Gasteiger partial charge in [0.15, 0.2) is 0 Å². The van der Waals surface area contributed by atoms with Gasteiger partial charge in [0.1, 0.15) is 0 Å². The van der Waals surface area contributed by atoms with Crippen LogP contribution in [0.15, 0.2) is 0 Å². The molecule has 0 unspecified atom stereocenters. The molecule has 1 aliphatic heterocycles.